The van der Waals surface area contributed by atoms with E-state index in [0.717, 1.165) is 19.3 Å². The molecule has 2 rings (SSSR count). The fourth-order valence-corrected chi connectivity index (χ4v) is 2.05. The molecule has 0 spiro atoms. The van der Waals surface area contributed by atoms with Gasteiger partial charge in [0.15, 0.2) is 0 Å². The van der Waals surface area contributed by atoms with Gasteiger partial charge in [-0.25, -0.2) is 9.59 Å². The zero-order valence-corrected chi connectivity index (χ0v) is 9.69. The lowest BCUT2D eigenvalue weighted by atomic mass is 9.91. The van der Waals surface area contributed by atoms with Crippen LogP contribution >= 0.6 is 0 Å². The summed E-state index contributed by atoms with van der Waals surface area (Å²) >= 11 is 0. The van der Waals surface area contributed by atoms with Crippen molar-refractivity contribution in [3.05, 3.63) is 0 Å². The molecule has 2 fully saturated rings. The molecule has 2 amide bonds. The lowest BCUT2D eigenvalue weighted by Gasteiger charge is -2.37. The van der Waals surface area contributed by atoms with Gasteiger partial charge >= 0.3 is 12.0 Å². The molecule has 0 unspecified atom stereocenters. The van der Waals surface area contributed by atoms with Gasteiger partial charge < -0.3 is 20.4 Å². The normalized spacial score (nSPS) is 21.5. The molecule has 0 aliphatic heterocycles. The molecule has 0 bridgehead atoms. The minimum absolute atomic E-state index is 0.0933. The highest BCUT2D eigenvalue weighted by Crippen LogP contribution is 2.36. The first-order valence-electron chi connectivity index (χ1n) is 6.02. The van der Waals surface area contributed by atoms with Gasteiger partial charge in [0.2, 0.25) is 0 Å². The van der Waals surface area contributed by atoms with E-state index >= 15 is 0 Å². The predicted octanol–water partition coefficient (Wildman–Crippen LogP) is 0.160. The Bertz CT molecular complexity index is 323. The number of aliphatic hydroxyl groups excluding tert-OH is 1. The Morgan fingerprint density at radius 3 is 2.35 bits per heavy atom. The second-order valence-corrected chi connectivity index (χ2v) is 4.82. The zero-order valence-electron chi connectivity index (χ0n) is 9.69. The lowest BCUT2D eigenvalue weighted by molar-refractivity contribution is -0.140. The fraction of sp³-hybridized carbons (Fsp3) is 0.818. The summed E-state index contributed by atoms with van der Waals surface area (Å²) in [7, 11) is 0. The minimum atomic E-state index is -1.05. The monoisotopic (exact) mass is 242 g/mol. The molecule has 2 aliphatic rings. The van der Waals surface area contributed by atoms with E-state index in [1.165, 1.54) is 0 Å². The number of carboxylic acids is 1. The van der Waals surface area contributed by atoms with Crippen LogP contribution in [0.1, 0.15) is 32.1 Å². The maximum Gasteiger partial charge on any atom is 0.329 e. The Morgan fingerprint density at radius 1 is 1.35 bits per heavy atom. The maximum atomic E-state index is 12.0. The molecule has 0 heterocycles. The van der Waals surface area contributed by atoms with Crippen molar-refractivity contribution < 1.29 is 19.8 Å². The third-order valence-corrected chi connectivity index (χ3v) is 3.62. The van der Waals surface area contributed by atoms with E-state index in [4.69, 9.17) is 10.2 Å². The van der Waals surface area contributed by atoms with Crippen LogP contribution in [0.5, 0.6) is 0 Å². The number of aliphatic hydroxyl groups is 1. The van der Waals surface area contributed by atoms with E-state index in [1.807, 2.05) is 0 Å². The second-order valence-electron chi connectivity index (χ2n) is 4.82. The molecule has 0 aromatic rings. The van der Waals surface area contributed by atoms with E-state index in [2.05, 4.69) is 5.32 Å². The quantitative estimate of drug-likeness (QED) is 0.640. The molecular formula is C11H18N2O4. The summed E-state index contributed by atoms with van der Waals surface area (Å²) in [5.74, 6) is -0.969. The molecule has 0 atom stereocenters. The average molecular weight is 242 g/mol. The highest BCUT2D eigenvalue weighted by atomic mass is 16.4. The van der Waals surface area contributed by atoms with Crippen molar-refractivity contribution in [2.24, 2.45) is 0 Å². The molecule has 0 radical (unpaired) electrons. The summed E-state index contributed by atoms with van der Waals surface area (Å²) in [6.45, 7) is 0.177. The van der Waals surface area contributed by atoms with E-state index in [1.54, 1.807) is 4.90 Å². The zero-order chi connectivity index (χ0) is 12.5. The summed E-state index contributed by atoms with van der Waals surface area (Å²) in [6.07, 6.45) is 3.95. The van der Waals surface area contributed by atoms with Crippen LogP contribution in [-0.2, 0) is 4.79 Å². The van der Waals surface area contributed by atoms with Gasteiger partial charge in [0.25, 0.3) is 0 Å². The second kappa shape index (κ2) is 4.52. The predicted molar refractivity (Wildman–Crippen MR) is 59.6 cm³/mol. The summed E-state index contributed by atoms with van der Waals surface area (Å²) in [6, 6.07) is -0.199. The summed E-state index contributed by atoms with van der Waals surface area (Å²) < 4.78 is 0. The van der Waals surface area contributed by atoms with Crippen LogP contribution in [-0.4, -0.2) is 51.8 Å². The summed E-state index contributed by atoms with van der Waals surface area (Å²) in [4.78, 5) is 24.5. The molecule has 0 saturated heterocycles. The number of hydrogen-bond acceptors (Lipinski definition) is 3. The van der Waals surface area contributed by atoms with Gasteiger partial charge in [0.1, 0.15) is 5.54 Å². The van der Waals surface area contributed by atoms with Gasteiger partial charge in [-0.15, -0.1) is 0 Å². The number of aliphatic carboxylic acids is 1. The van der Waals surface area contributed by atoms with Crippen LogP contribution < -0.4 is 5.32 Å². The molecule has 0 aromatic heterocycles. The third kappa shape index (κ3) is 2.36. The molecule has 0 aromatic carbocycles. The van der Waals surface area contributed by atoms with Crippen molar-refractivity contribution in [1.82, 2.24) is 10.2 Å². The highest BCUT2D eigenvalue weighted by molar-refractivity contribution is 5.89. The first-order valence-corrected chi connectivity index (χ1v) is 6.02. The van der Waals surface area contributed by atoms with Crippen molar-refractivity contribution >= 4 is 12.0 Å². The van der Waals surface area contributed by atoms with Crippen LogP contribution in [0, 0.1) is 0 Å². The molecule has 3 N–H and O–H groups in total. The van der Waals surface area contributed by atoms with E-state index in [0.29, 0.717) is 12.8 Å². The third-order valence-electron chi connectivity index (χ3n) is 3.62. The van der Waals surface area contributed by atoms with Crippen LogP contribution in [0.2, 0.25) is 0 Å². The minimum Gasteiger partial charge on any atom is -0.480 e. The Labute approximate surface area is 99.6 Å². The Kier molecular flexibility index (Phi) is 3.24. The summed E-state index contributed by atoms with van der Waals surface area (Å²) in [5.41, 5.74) is -1.05. The molecule has 96 valence electrons. The average Bonchev–Trinajstić information content (AvgIpc) is 2.95. The van der Waals surface area contributed by atoms with Gasteiger partial charge in [-0.3, -0.25) is 0 Å². The standard InChI is InChI=1S/C11H18N2O4/c14-7-6-13(8-2-1-3-8)10(17)12-11(4-5-11)9(15)16/h8,14H,1-7H2,(H,12,17)(H,15,16). The van der Waals surface area contributed by atoms with Crippen molar-refractivity contribution in [2.75, 3.05) is 13.2 Å². The molecule has 6 nitrogen and oxygen atoms in total. The topological polar surface area (TPSA) is 89.9 Å². The largest absolute Gasteiger partial charge is 0.480 e. The van der Waals surface area contributed by atoms with Crippen LogP contribution in [0.25, 0.3) is 0 Å². The Morgan fingerprint density at radius 2 is 2.00 bits per heavy atom. The fourth-order valence-electron chi connectivity index (χ4n) is 2.05. The van der Waals surface area contributed by atoms with Crippen molar-refractivity contribution in [3.63, 3.8) is 0 Å². The first-order chi connectivity index (χ1) is 8.09. The van der Waals surface area contributed by atoms with Gasteiger partial charge in [0, 0.05) is 12.6 Å². The number of urea groups is 1. The Balaban J connectivity index is 1.94. The van der Waals surface area contributed by atoms with Gasteiger partial charge in [-0.2, -0.15) is 0 Å². The van der Waals surface area contributed by atoms with E-state index in [9.17, 15) is 9.59 Å². The first kappa shape index (κ1) is 12.2. The smallest absolute Gasteiger partial charge is 0.329 e. The number of rotatable bonds is 5. The van der Waals surface area contributed by atoms with Crippen LogP contribution in [0.15, 0.2) is 0 Å². The number of amides is 2. The van der Waals surface area contributed by atoms with Gasteiger partial charge in [-0.05, 0) is 32.1 Å². The number of nitrogens with zero attached hydrogens (tertiary/aromatic N) is 1. The van der Waals surface area contributed by atoms with Crippen molar-refractivity contribution in [3.8, 4) is 0 Å². The van der Waals surface area contributed by atoms with Gasteiger partial charge in [-0.1, -0.05) is 0 Å². The highest BCUT2D eigenvalue weighted by Gasteiger charge is 2.52. The SMILES string of the molecule is O=C(NC1(C(=O)O)CC1)N(CCO)C1CCC1. The molecule has 17 heavy (non-hydrogen) atoms. The lowest BCUT2D eigenvalue weighted by Crippen LogP contribution is -2.54. The molecular weight excluding hydrogens is 224 g/mol. The van der Waals surface area contributed by atoms with Crippen LogP contribution in [0.3, 0.4) is 0 Å². The molecule has 2 aliphatic carbocycles. The van der Waals surface area contributed by atoms with E-state index in [-0.39, 0.29) is 25.2 Å². The van der Waals surface area contributed by atoms with Gasteiger partial charge in [0.05, 0.1) is 6.61 Å². The number of nitrogens with one attached hydrogen (secondary N) is 1. The molecule has 6 heteroatoms. The number of carbonyl (C=O) groups is 2. The van der Waals surface area contributed by atoms with Crippen molar-refractivity contribution in [2.45, 2.75) is 43.7 Å². The van der Waals surface area contributed by atoms with Crippen LogP contribution in [0.4, 0.5) is 4.79 Å². The Hall–Kier alpha value is -1.30. The van der Waals surface area contributed by atoms with Crippen molar-refractivity contribution in [1.29, 1.82) is 0 Å². The number of carboxylic acid groups (broad SMARTS) is 1. The van der Waals surface area contributed by atoms with E-state index < -0.39 is 11.5 Å². The molecule has 2 saturated carbocycles. The summed E-state index contributed by atoms with van der Waals surface area (Å²) in [5, 5.41) is 20.5. The maximum absolute atomic E-state index is 12.0. The number of carbonyl (C=O) groups excluding carboxylic acids is 1. The number of hydrogen-bond donors (Lipinski definition) is 3.